The Balaban J connectivity index is 1.61. The summed E-state index contributed by atoms with van der Waals surface area (Å²) >= 11 is 3.39. The van der Waals surface area contributed by atoms with Crippen molar-refractivity contribution >= 4 is 31.9 Å². The Morgan fingerprint density at radius 2 is 1.82 bits per heavy atom. The molecule has 0 bridgehead atoms. The zero-order valence-corrected chi connectivity index (χ0v) is 23.0. The average molecular weight is 552 g/mol. The number of hydrogen-bond donors (Lipinski definition) is 1. The maximum absolute atomic E-state index is 13.0. The highest BCUT2D eigenvalue weighted by molar-refractivity contribution is 9.10. The molecule has 3 rings (SSSR count). The molecule has 1 amide bonds. The number of benzene rings is 2. The molecular formula is C26H35BrN2O4S. The Bertz CT molecular complexity index is 1130. The van der Waals surface area contributed by atoms with Crippen molar-refractivity contribution in [3.05, 3.63) is 63.1 Å². The number of amides is 1. The second-order valence-corrected chi connectivity index (χ2v) is 12.3. The summed E-state index contributed by atoms with van der Waals surface area (Å²) in [4.78, 5) is 13.0. The lowest BCUT2D eigenvalue weighted by Crippen LogP contribution is -2.43. The molecule has 2 aromatic carbocycles. The third kappa shape index (κ3) is 6.40. The van der Waals surface area contributed by atoms with Gasteiger partial charge in [-0.05, 0) is 79.1 Å². The molecule has 1 saturated heterocycles. The molecule has 186 valence electrons. The van der Waals surface area contributed by atoms with Gasteiger partial charge in [-0.1, -0.05) is 41.9 Å². The third-order valence-corrected chi connectivity index (χ3v) is 8.87. The van der Waals surface area contributed by atoms with Gasteiger partial charge in [0.05, 0.1) is 18.9 Å². The lowest BCUT2D eigenvalue weighted by molar-refractivity contribution is -0.126. The van der Waals surface area contributed by atoms with Crippen LogP contribution in [-0.2, 0) is 20.6 Å². The third-order valence-electron chi connectivity index (χ3n) is 6.52. The number of nitrogens with zero attached hydrogens (tertiary/aromatic N) is 1. The molecule has 34 heavy (non-hydrogen) atoms. The maximum Gasteiger partial charge on any atom is 0.223 e. The van der Waals surface area contributed by atoms with E-state index in [1.807, 2.05) is 44.2 Å². The average Bonchev–Trinajstić information content (AvgIpc) is 2.78. The molecule has 8 heteroatoms. The molecule has 2 aromatic rings. The van der Waals surface area contributed by atoms with Gasteiger partial charge in [-0.2, -0.15) is 0 Å². The number of carbonyl (C=O) groups is 1. The van der Waals surface area contributed by atoms with Gasteiger partial charge in [-0.25, -0.2) is 12.7 Å². The molecule has 1 aliphatic heterocycles. The Labute approximate surface area is 212 Å². The first-order valence-corrected chi connectivity index (χ1v) is 14.1. The zero-order chi connectivity index (χ0) is 25.0. The Morgan fingerprint density at radius 1 is 1.15 bits per heavy atom. The van der Waals surface area contributed by atoms with Crippen LogP contribution in [0.2, 0.25) is 0 Å². The topological polar surface area (TPSA) is 75.7 Å². The first-order valence-electron chi connectivity index (χ1n) is 11.7. The first-order chi connectivity index (χ1) is 16.0. The summed E-state index contributed by atoms with van der Waals surface area (Å²) in [7, 11) is -1.75. The maximum atomic E-state index is 13.0. The van der Waals surface area contributed by atoms with Crippen LogP contribution in [0.3, 0.4) is 0 Å². The van der Waals surface area contributed by atoms with Gasteiger partial charge in [0.25, 0.3) is 0 Å². The Morgan fingerprint density at radius 3 is 2.41 bits per heavy atom. The van der Waals surface area contributed by atoms with Gasteiger partial charge in [0.1, 0.15) is 5.75 Å². The van der Waals surface area contributed by atoms with Gasteiger partial charge in [0.2, 0.25) is 15.9 Å². The molecule has 1 atom stereocenters. The highest BCUT2D eigenvalue weighted by Gasteiger charge is 2.32. The van der Waals surface area contributed by atoms with Gasteiger partial charge >= 0.3 is 0 Å². The minimum absolute atomic E-state index is 0.0159. The number of piperidine rings is 1. The van der Waals surface area contributed by atoms with E-state index in [4.69, 9.17) is 4.74 Å². The molecule has 0 aliphatic carbocycles. The number of carbonyl (C=O) groups excluding carboxylic acids is 1. The van der Waals surface area contributed by atoms with Gasteiger partial charge in [-0.3, -0.25) is 4.79 Å². The number of ether oxygens (including phenoxy) is 1. The molecule has 6 nitrogen and oxygen atoms in total. The standard InChI is InChI=1S/C26H35BrN2O4S/c1-17(2)23-15-24(18(3)13-25(23)33-5)19(4)28-26(30)21-9-11-29(12-10-21)34(31,32)16-20-7-6-8-22(27)14-20/h6-8,13-15,17,19,21H,9-12,16H2,1-5H3,(H,28,30)/t19-/m1/s1. The highest BCUT2D eigenvalue weighted by Crippen LogP contribution is 2.32. The number of nitrogens with one attached hydrogen (secondary N) is 1. The van der Waals surface area contributed by atoms with Gasteiger partial charge in [0, 0.05) is 23.5 Å². The van der Waals surface area contributed by atoms with Crippen LogP contribution in [0.4, 0.5) is 0 Å². The molecule has 0 radical (unpaired) electrons. The van der Waals surface area contributed by atoms with Crippen molar-refractivity contribution in [2.24, 2.45) is 5.92 Å². The van der Waals surface area contributed by atoms with E-state index in [0.29, 0.717) is 31.8 Å². The molecule has 0 aromatic heterocycles. The van der Waals surface area contributed by atoms with E-state index in [0.717, 1.165) is 32.5 Å². The first kappa shape index (κ1) is 26.7. The van der Waals surface area contributed by atoms with Crippen LogP contribution >= 0.6 is 15.9 Å². The second kappa shape index (κ2) is 11.2. The van der Waals surface area contributed by atoms with Crippen molar-refractivity contribution in [1.82, 2.24) is 9.62 Å². The quantitative estimate of drug-likeness (QED) is 0.483. The van der Waals surface area contributed by atoms with Gasteiger partial charge in [0.15, 0.2) is 0 Å². The minimum atomic E-state index is -3.42. The van der Waals surface area contributed by atoms with Crippen LogP contribution in [0, 0.1) is 12.8 Å². The second-order valence-electron chi connectivity index (χ2n) is 9.40. The molecule has 0 saturated carbocycles. The monoisotopic (exact) mass is 550 g/mol. The lowest BCUT2D eigenvalue weighted by Gasteiger charge is -2.31. The van der Waals surface area contributed by atoms with E-state index < -0.39 is 10.0 Å². The summed E-state index contributed by atoms with van der Waals surface area (Å²) in [6, 6.07) is 11.4. The van der Waals surface area contributed by atoms with Gasteiger partial charge in [-0.15, -0.1) is 0 Å². The predicted molar refractivity (Wildman–Crippen MR) is 139 cm³/mol. The molecule has 0 unspecified atom stereocenters. The van der Waals surface area contributed by atoms with Crippen molar-refractivity contribution in [1.29, 1.82) is 0 Å². The van der Waals surface area contributed by atoms with Crippen molar-refractivity contribution in [2.75, 3.05) is 20.2 Å². The van der Waals surface area contributed by atoms with Crippen molar-refractivity contribution in [3.63, 3.8) is 0 Å². The number of rotatable bonds is 8. The zero-order valence-electron chi connectivity index (χ0n) is 20.6. The molecule has 1 N–H and O–H groups in total. The van der Waals surface area contributed by atoms with Crippen molar-refractivity contribution < 1.29 is 17.9 Å². The van der Waals surface area contributed by atoms with E-state index in [9.17, 15) is 13.2 Å². The summed E-state index contributed by atoms with van der Waals surface area (Å²) < 4.78 is 33.7. The van der Waals surface area contributed by atoms with Crippen LogP contribution in [0.15, 0.2) is 40.9 Å². The predicted octanol–water partition coefficient (Wildman–Crippen LogP) is 5.31. The highest BCUT2D eigenvalue weighted by atomic mass is 79.9. The number of halogens is 1. The summed E-state index contributed by atoms with van der Waals surface area (Å²) in [5.74, 6) is 0.933. The number of aryl methyl sites for hydroxylation is 1. The van der Waals surface area contributed by atoms with Crippen LogP contribution < -0.4 is 10.1 Å². The summed E-state index contributed by atoms with van der Waals surface area (Å²) in [6.45, 7) is 8.99. The lowest BCUT2D eigenvalue weighted by atomic mass is 9.92. The fourth-order valence-corrected chi connectivity index (χ4v) is 6.54. The molecular weight excluding hydrogens is 516 g/mol. The summed E-state index contributed by atoms with van der Waals surface area (Å²) in [6.07, 6.45) is 1.05. The van der Waals surface area contributed by atoms with Crippen LogP contribution in [0.5, 0.6) is 5.75 Å². The largest absolute Gasteiger partial charge is 0.496 e. The van der Waals surface area contributed by atoms with E-state index in [-0.39, 0.29) is 23.6 Å². The molecule has 0 spiro atoms. The molecule has 1 fully saturated rings. The number of hydrogen-bond acceptors (Lipinski definition) is 4. The van der Waals surface area contributed by atoms with E-state index >= 15 is 0 Å². The smallest absolute Gasteiger partial charge is 0.223 e. The Kier molecular flexibility index (Phi) is 8.82. The van der Waals surface area contributed by atoms with E-state index in [2.05, 4.69) is 41.2 Å². The van der Waals surface area contributed by atoms with E-state index in [1.165, 1.54) is 4.31 Å². The number of methoxy groups -OCH3 is 1. The van der Waals surface area contributed by atoms with E-state index in [1.54, 1.807) is 7.11 Å². The van der Waals surface area contributed by atoms with Crippen molar-refractivity contribution in [3.8, 4) is 5.75 Å². The summed E-state index contributed by atoms with van der Waals surface area (Å²) in [5.41, 5.74) is 4.02. The Hall–Kier alpha value is -1.90. The fraction of sp³-hybridized carbons (Fsp3) is 0.500. The van der Waals surface area contributed by atoms with Crippen LogP contribution in [0.1, 0.15) is 67.8 Å². The molecule has 1 heterocycles. The van der Waals surface area contributed by atoms with Crippen LogP contribution in [0.25, 0.3) is 0 Å². The molecule has 1 aliphatic rings. The van der Waals surface area contributed by atoms with Gasteiger partial charge < -0.3 is 10.1 Å². The van der Waals surface area contributed by atoms with Crippen molar-refractivity contribution in [2.45, 2.75) is 58.2 Å². The minimum Gasteiger partial charge on any atom is -0.496 e. The fourth-order valence-electron chi connectivity index (χ4n) is 4.54. The van der Waals surface area contributed by atoms with Crippen LogP contribution in [-0.4, -0.2) is 38.8 Å². The SMILES string of the molecule is COc1cc(C)c([C@@H](C)NC(=O)C2CCN(S(=O)(=O)Cc3cccc(Br)c3)CC2)cc1C(C)C. The normalized spacial score (nSPS) is 16.4. The summed E-state index contributed by atoms with van der Waals surface area (Å²) in [5, 5.41) is 3.16. The number of sulfonamides is 1.